The van der Waals surface area contributed by atoms with Crippen molar-refractivity contribution in [2.24, 2.45) is 0 Å². The van der Waals surface area contributed by atoms with Gasteiger partial charge >= 0.3 is 0 Å². The number of aryl methyl sites for hydroxylation is 2. The summed E-state index contributed by atoms with van der Waals surface area (Å²) in [4.78, 5) is 14.3. The molecule has 0 bridgehead atoms. The van der Waals surface area contributed by atoms with Crippen LogP contribution in [0.5, 0.6) is 0 Å². The molecule has 1 fully saturated rings. The standard InChI is InChI=1S/C16H21N3O2/c1-13-10-17-19(11-13)14-4-2-8-18(12-14)16(20)7-6-15-5-3-9-21-15/h3,5,9-11,14H,2,4,6-8,12H2,1H3. The zero-order valence-corrected chi connectivity index (χ0v) is 12.4. The van der Waals surface area contributed by atoms with Crippen molar-refractivity contribution in [1.82, 2.24) is 14.7 Å². The lowest BCUT2D eigenvalue weighted by Gasteiger charge is -2.33. The van der Waals surface area contributed by atoms with E-state index in [0.29, 0.717) is 18.9 Å². The SMILES string of the molecule is Cc1cnn(C2CCCN(C(=O)CCc3ccco3)C2)c1. The van der Waals surface area contributed by atoms with Crippen LogP contribution in [-0.2, 0) is 11.2 Å². The second-order valence-corrected chi connectivity index (χ2v) is 5.71. The Hall–Kier alpha value is -2.04. The van der Waals surface area contributed by atoms with E-state index in [0.717, 1.165) is 37.3 Å². The average molecular weight is 287 g/mol. The number of nitrogens with zero attached hydrogens (tertiary/aromatic N) is 3. The Morgan fingerprint density at radius 3 is 3.14 bits per heavy atom. The summed E-state index contributed by atoms with van der Waals surface area (Å²) in [7, 11) is 0. The molecule has 0 aromatic carbocycles. The molecule has 1 unspecified atom stereocenters. The molecule has 0 saturated carbocycles. The summed E-state index contributed by atoms with van der Waals surface area (Å²) in [5.41, 5.74) is 1.16. The normalized spacial score (nSPS) is 18.9. The number of hydrogen-bond acceptors (Lipinski definition) is 3. The van der Waals surface area contributed by atoms with Gasteiger partial charge < -0.3 is 9.32 Å². The van der Waals surface area contributed by atoms with Crippen LogP contribution in [0, 0.1) is 6.92 Å². The number of aromatic nitrogens is 2. The molecule has 2 aromatic rings. The maximum atomic E-state index is 12.3. The zero-order chi connectivity index (χ0) is 14.7. The summed E-state index contributed by atoms with van der Waals surface area (Å²) in [5.74, 6) is 1.08. The quantitative estimate of drug-likeness (QED) is 0.868. The molecule has 2 aromatic heterocycles. The molecule has 0 spiro atoms. The topological polar surface area (TPSA) is 51.3 Å². The van der Waals surface area contributed by atoms with Gasteiger partial charge in [-0.25, -0.2) is 0 Å². The minimum absolute atomic E-state index is 0.208. The lowest BCUT2D eigenvalue weighted by atomic mass is 10.1. The number of carbonyl (C=O) groups is 1. The van der Waals surface area contributed by atoms with Crippen LogP contribution in [0.4, 0.5) is 0 Å². The zero-order valence-electron chi connectivity index (χ0n) is 12.4. The Morgan fingerprint density at radius 1 is 1.52 bits per heavy atom. The van der Waals surface area contributed by atoms with Gasteiger partial charge in [-0.3, -0.25) is 9.48 Å². The molecule has 1 amide bonds. The fraction of sp³-hybridized carbons (Fsp3) is 0.500. The highest BCUT2D eigenvalue weighted by atomic mass is 16.3. The second kappa shape index (κ2) is 6.16. The van der Waals surface area contributed by atoms with Gasteiger partial charge in [-0.05, 0) is 37.5 Å². The molecule has 21 heavy (non-hydrogen) atoms. The smallest absolute Gasteiger partial charge is 0.223 e. The molecule has 5 nitrogen and oxygen atoms in total. The monoisotopic (exact) mass is 287 g/mol. The Morgan fingerprint density at radius 2 is 2.43 bits per heavy atom. The molecular weight excluding hydrogens is 266 g/mol. The first-order valence-electron chi connectivity index (χ1n) is 7.53. The van der Waals surface area contributed by atoms with E-state index in [1.807, 2.05) is 34.8 Å². The first-order valence-corrected chi connectivity index (χ1v) is 7.53. The number of hydrogen-bond donors (Lipinski definition) is 0. The summed E-state index contributed by atoms with van der Waals surface area (Å²) in [6.07, 6.45) is 8.89. The molecule has 0 N–H and O–H groups in total. The van der Waals surface area contributed by atoms with Crippen LogP contribution < -0.4 is 0 Å². The van der Waals surface area contributed by atoms with Gasteiger partial charge in [-0.1, -0.05) is 0 Å². The van der Waals surface area contributed by atoms with Crippen molar-refractivity contribution in [2.45, 2.75) is 38.6 Å². The maximum Gasteiger partial charge on any atom is 0.223 e. The van der Waals surface area contributed by atoms with Gasteiger partial charge in [0.15, 0.2) is 0 Å². The number of rotatable bonds is 4. The van der Waals surface area contributed by atoms with E-state index < -0.39 is 0 Å². The molecule has 5 heteroatoms. The third kappa shape index (κ3) is 3.35. The van der Waals surface area contributed by atoms with Crippen LogP contribution in [0.3, 0.4) is 0 Å². The third-order valence-electron chi connectivity index (χ3n) is 4.02. The fourth-order valence-corrected chi connectivity index (χ4v) is 2.87. The van der Waals surface area contributed by atoms with E-state index in [1.165, 1.54) is 0 Å². The molecule has 1 saturated heterocycles. The summed E-state index contributed by atoms with van der Waals surface area (Å²) in [6.45, 7) is 3.66. The van der Waals surface area contributed by atoms with Crippen molar-refractivity contribution in [2.75, 3.05) is 13.1 Å². The van der Waals surface area contributed by atoms with E-state index in [-0.39, 0.29) is 5.91 Å². The van der Waals surface area contributed by atoms with Gasteiger partial charge in [0.2, 0.25) is 5.91 Å². The molecule has 1 atom stereocenters. The Balaban J connectivity index is 1.56. The van der Waals surface area contributed by atoms with Gasteiger partial charge in [-0.2, -0.15) is 5.10 Å². The molecule has 0 radical (unpaired) electrons. The highest BCUT2D eigenvalue weighted by molar-refractivity contribution is 5.76. The Kier molecular flexibility index (Phi) is 4.08. The molecule has 112 valence electrons. The van der Waals surface area contributed by atoms with Crippen LogP contribution in [0.15, 0.2) is 35.2 Å². The van der Waals surface area contributed by atoms with Crippen molar-refractivity contribution in [3.8, 4) is 0 Å². The van der Waals surface area contributed by atoms with Gasteiger partial charge in [0.25, 0.3) is 0 Å². The van der Waals surface area contributed by atoms with Crippen LogP contribution in [0.2, 0.25) is 0 Å². The minimum Gasteiger partial charge on any atom is -0.469 e. The van der Waals surface area contributed by atoms with Crippen LogP contribution in [0.1, 0.15) is 36.6 Å². The first kappa shape index (κ1) is 13.9. The highest BCUT2D eigenvalue weighted by Gasteiger charge is 2.25. The molecule has 1 aliphatic rings. The lowest BCUT2D eigenvalue weighted by molar-refractivity contribution is -0.132. The van der Waals surface area contributed by atoms with Crippen molar-refractivity contribution < 1.29 is 9.21 Å². The van der Waals surface area contributed by atoms with Crippen molar-refractivity contribution in [3.05, 3.63) is 42.1 Å². The van der Waals surface area contributed by atoms with E-state index in [2.05, 4.69) is 11.3 Å². The predicted molar refractivity (Wildman–Crippen MR) is 78.8 cm³/mol. The van der Waals surface area contributed by atoms with Crippen LogP contribution in [-0.4, -0.2) is 33.7 Å². The number of carbonyl (C=O) groups excluding carboxylic acids is 1. The van der Waals surface area contributed by atoms with Crippen molar-refractivity contribution >= 4 is 5.91 Å². The van der Waals surface area contributed by atoms with E-state index in [4.69, 9.17) is 4.42 Å². The fourth-order valence-electron chi connectivity index (χ4n) is 2.87. The summed E-state index contributed by atoms with van der Waals surface area (Å²) in [6, 6.07) is 4.08. The molecule has 3 heterocycles. The van der Waals surface area contributed by atoms with Gasteiger partial charge in [0, 0.05) is 32.1 Å². The lowest BCUT2D eigenvalue weighted by Crippen LogP contribution is -2.40. The van der Waals surface area contributed by atoms with E-state index in [9.17, 15) is 4.79 Å². The number of likely N-dealkylation sites (tertiary alicyclic amines) is 1. The van der Waals surface area contributed by atoms with Gasteiger partial charge in [0.1, 0.15) is 5.76 Å². The maximum absolute atomic E-state index is 12.3. The van der Waals surface area contributed by atoms with E-state index in [1.54, 1.807) is 6.26 Å². The van der Waals surface area contributed by atoms with Gasteiger partial charge in [0.05, 0.1) is 18.5 Å². The highest BCUT2D eigenvalue weighted by Crippen LogP contribution is 2.22. The predicted octanol–water partition coefficient (Wildman–Crippen LogP) is 2.58. The van der Waals surface area contributed by atoms with E-state index >= 15 is 0 Å². The number of piperidine rings is 1. The molecular formula is C16H21N3O2. The number of furan rings is 1. The second-order valence-electron chi connectivity index (χ2n) is 5.71. The van der Waals surface area contributed by atoms with Crippen molar-refractivity contribution in [1.29, 1.82) is 0 Å². The summed E-state index contributed by atoms with van der Waals surface area (Å²) in [5, 5.41) is 4.38. The molecule has 0 aliphatic carbocycles. The first-order chi connectivity index (χ1) is 10.2. The molecule has 1 aliphatic heterocycles. The largest absolute Gasteiger partial charge is 0.469 e. The Bertz CT molecular complexity index is 588. The minimum atomic E-state index is 0.208. The van der Waals surface area contributed by atoms with Crippen LogP contribution >= 0.6 is 0 Å². The van der Waals surface area contributed by atoms with Crippen LogP contribution in [0.25, 0.3) is 0 Å². The summed E-state index contributed by atoms with van der Waals surface area (Å²) >= 11 is 0. The van der Waals surface area contributed by atoms with Gasteiger partial charge in [-0.15, -0.1) is 0 Å². The third-order valence-corrected chi connectivity index (χ3v) is 4.02. The Labute approximate surface area is 124 Å². The summed E-state index contributed by atoms with van der Waals surface area (Å²) < 4.78 is 7.28. The molecule has 3 rings (SSSR count). The average Bonchev–Trinajstić information content (AvgIpc) is 3.16. The van der Waals surface area contributed by atoms with Crippen molar-refractivity contribution in [3.63, 3.8) is 0 Å². The number of amides is 1.